The van der Waals surface area contributed by atoms with Crippen molar-refractivity contribution in [1.29, 1.82) is 0 Å². The van der Waals surface area contributed by atoms with Crippen LogP contribution in [0.3, 0.4) is 0 Å². The standard InChI is InChI=1S/C19H12Cl2N4O3/c20-13-3-1-12(2-4-13)16(26)11-25-19(27)24-10-9-22-18(17(24)23-25)28-15-7-5-14(21)6-8-15/h1-10H,11H2. The average Bonchev–Trinajstić information content (AvgIpc) is 3.01. The van der Waals surface area contributed by atoms with Crippen LogP contribution in [0.25, 0.3) is 5.65 Å². The minimum absolute atomic E-state index is 0.139. The van der Waals surface area contributed by atoms with Crippen LogP contribution in [0.2, 0.25) is 10.0 Å². The molecule has 0 spiro atoms. The second-order valence-electron chi connectivity index (χ2n) is 5.85. The van der Waals surface area contributed by atoms with Gasteiger partial charge in [0, 0.05) is 28.0 Å². The molecule has 0 N–H and O–H groups in total. The number of hydrogen-bond donors (Lipinski definition) is 0. The van der Waals surface area contributed by atoms with Gasteiger partial charge in [-0.2, -0.15) is 0 Å². The third kappa shape index (κ3) is 3.62. The van der Waals surface area contributed by atoms with Crippen molar-refractivity contribution < 1.29 is 9.53 Å². The summed E-state index contributed by atoms with van der Waals surface area (Å²) in [5.41, 5.74) is 0.163. The molecule has 2 aromatic heterocycles. The van der Waals surface area contributed by atoms with Gasteiger partial charge in [0.25, 0.3) is 5.88 Å². The predicted molar refractivity (Wildman–Crippen MR) is 105 cm³/mol. The lowest BCUT2D eigenvalue weighted by atomic mass is 10.1. The van der Waals surface area contributed by atoms with E-state index in [1.165, 1.54) is 16.8 Å². The highest BCUT2D eigenvalue weighted by Crippen LogP contribution is 2.23. The minimum atomic E-state index is -0.472. The number of carbonyl (C=O) groups excluding carboxylic acids is 1. The van der Waals surface area contributed by atoms with Gasteiger partial charge in [-0.05, 0) is 48.5 Å². The Hall–Kier alpha value is -3.16. The number of aromatic nitrogens is 4. The molecule has 0 aliphatic heterocycles. The zero-order chi connectivity index (χ0) is 19.7. The Kier molecular flexibility index (Phi) is 4.85. The number of benzene rings is 2. The van der Waals surface area contributed by atoms with Crippen molar-refractivity contribution in [3.05, 3.63) is 87.0 Å². The van der Waals surface area contributed by atoms with Crippen LogP contribution in [0.4, 0.5) is 0 Å². The summed E-state index contributed by atoms with van der Waals surface area (Å²) in [5, 5.41) is 5.31. The van der Waals surface area contributed by atoms with Crippen molar-refractivity contribution >= 4 is 34.6 Å². The van der Waals surface area contributed by atoms with E-state index in [2.05, 4.69) is 10.1 Å². The molecule has 0 saturated heterocycles. The van der Waals surface area contributed by atoms with E-state index >= 15 is 0 Å². The molecular weight excluding hydrogens is 403 g/mol. The van der Waals surface area contributed by atoms with Gasteiger partial charge in [0.15, 0.2) is 5.78 Å². The van der Waals surface area contributed by atoms with Crippen molar-refractivity contribution in [1.82, 2.24) is 19.2 Å². The van der Waals surface area contributed by atoms with Crippen LogP contribution in [0.1, 0.15) is 10.4 Å². The molecule has 140 valence electrons. The van der Waals surface area contributed by atoms with E-state index in [9.17, 15) is 9.59 Å². The second kappa shape index (κ2) is 7.46. The summed E-state index contributed by atoms with van der Waals surface area (Å²) in [6, 6.07) is 13.1. The maximum Gasteiger partial charge on any atom is 0.350 e. The van der Waals surface area contributed by atoms with Gasteiger partial charge in [-0.1, -0.05) is 23.2 Å². The fourth-order valence-corrected chi connectivity index (χ4v) is 2.83. The Morgan fingerprint density at radius 1 is 1.00 bits per heavy atom. The first kappa shape index (κ1) is 18.2. The molecule has 4 aromatic rings. The number of ketones is 1. The van der Waals surface area contributed by atoms with Crippen molar-refractivity contribution in [2.75, 3.05) is 0 Å². The molecule has 0 radical (unpaired) electrons. The molecule has 28 heavy (non-hydrogen) atoms. The molecule has 2 aromatic carbocycles. The molecule has 4 rings (SSSR count). The summed E-state index contributed by atoms with van der Waals surface area (Å²) < 4.78 is 8.06. The Morgan fingerprint density at radius 3 is 2.32 bits per heavy atom. The molecule has 0 amide bonds. The Bertz CT molecular complexity index is 1210. The van der Waals surface area contributed by atoms with E-state index in [4.69, 9.17) is 27.9 Å². The minimum Gasteiger partial charge on any atom is -0.436 e. The van der Waals surface area contributed by atoms with E-state index in [1.807, 2.05) is 0 Å². The first-order valence-electron chi connectivity index (χ1n) is 8.17. The highest BCUT2D eigenvalue weighted by atomic mass is 35.5. The van der Waals surface area contributed by atoms with Crippen LogP contribution < -0.4 is 10.4 Å². The van der Waals surface area contributed by atoms with Crippen molar-refractivity contribution in [2.45, 2.75) is 6.54 Å². The lowest BCUT2D eigenvalue weighted by molar-refractivity contribution is 0.0966. The third-order valence-electron chi connectivity index (χ3n) is 3.96. The van der Waals surface area contributed by atoms with Crippen molar-refractivity contribution in [2.24, 2.45) is 0 Å². The number of halogens is 2. The first-order chi connectivity index (χ1) is 13.5. The molecule has 9 heteroatoms. The smallest absolute Gasteiger partial charge is 0.350 e. The van der Waals surface area contributed by atoms with Gasteiger partial charge in [0.05, 0.1) is 0 Å². The lowest BCUT2D eigenvalue weighted by Crippen LogP contribution is -2.25. The molecule has 0 aliphatic carbocycles. The van der Waals surface area contributed by atoms with Crippen LogP contribution in [0.15, 0.2) is 65.7 Å². The number of rotatable bonds is 5. The summed E-state index contributed by atoms with van der Waals surface area (Å²) >= 11 is 11.7. The normalized spacial score (nSPS) is 10.9. The van der Waals surface area contributed by atoms with Gasteiger partial charge < -0.3 is 4.74 Å². The zero-order valence-electron chi connectivity index (χ0n) is 14.3. The summed E-state index contributed by atoms with van der Waals surface area (Å²) in [4.78, 5) is 29.2. The van der Waals surface area contributed by atoms with Crippen LogP contribution in [-0.2, 0) is 6.54 Å². The first-order valence-corrected chi connectivity index (χ1v) is 8.93. The van der Waals surface area contributed by atoms with E-state index in [0.29, 0.717) is 21.4 Å². The summed E-state index contributed by atoms with van der Waals surface area (Å²) in [7, 11) is 0. The van der Waals surface area contributed by atoms with E-state index < -0.39 is 5.69 Å². The van der Waals surface area contributed by atoms with Crippen LogP contribution in [0, 0.1) is 0 Å². The van der Waals surface area contributed by atoms with Gasteiger partial charge in [-0.25, -0.2) is 18.9 Å². The van der Waals surface area contributed by atoms with E-state index in [1.54, 1.807) is 48.5 Å². The highest BCUT2D eigenvalue weighted by Gasteiger charge is 2.16. The number of nitrogens with zero attached hydrogens (tertiary/aromatic N) is 4. The Balaban J connectivity index is 1.66. The maximum absolute atomic E-state index is 12.6. The molecule has 7 nitrogen and oxygen atoms in total. The zero-order valence-corrected chi connectivity index (χ0v) is 15.8. The van der Waals surface area contributed by atoms with Gasteiger partial charge in [0.2, 0.25) is 5.65 Å². The number of hydrogen-bond acceptors (Lipinski definition) is 5. The Labute approximate surface area is 168 Å². The molecule has 2 heterocycles. The third-order valence-corrected chi connectivity index (χ3v) is 4.46. The number of ether oxygens (including phenoxy) is 1. The van der Waals surface area contributed by atoms with Gasteiger partial charge in [-0.3, -0.25) is 4.79 Å². The van der Waals surface area contributed by atoms with Gasteiger partial charge >= 0.3 is 5.69 Å². The quantitative estimate of drug-likeness (QED) is 0.463. The predicted octanol–water partition coefficient (Wildman–Crippen LogP) is 3.87. The van der Waals surface area contributed by atoms with Crippen molar-refractivity contribution in [3.8, 4) is 11.6 Å². The van der Waals surface area contributed by atoms with Crippen LogP contribution in [-0.4, -0.2) is 24.9 Å². The van der Waals surface area contributed by atoms with Gasteiger partial charge in [0.1, 0.15) is 12.3 Å². The molecule has 0 aliphatic rings. The second-order valence-corrected chi connectivity index (χ2v) is 6.73. The molecule has 0 saturated carbocycles. The summed E-state index contributed by atoms with van der Waals surface area (Å²) in [6.07, 6.45) is 2.88. The van der Waals surface area contributed by atoms with Crippen LogP contribution in [0.5, 0.6) is 11.6 Å². The topological polar surface area (TPSA) is 78.5 Å². The summed E-state index contributed by atoms with van der Waals surface area (Å²) in [6.45, 7) is -0.220. The monoisotopic (exact) mass is 414 g/mol. The molecule has 0 bridgehead atoms. The number of carbonyl (C=O) groups is 1. The Morgan fingerprint density at radius 2 is 1.64 bits per heavy atom. The van der Waals surface area contributed by atoms with E-state index in [0.717, 1.165) is 4.68 Å². The molecule has 0 unspecified atom stereocenters. The highest BCUT2D eigenvalue weighted by molar-refractivity contribution is 6.30. The summed E-state index contributed by atoms with van der Waals surface area (Å²) in [5.74, 6) is 0.360. The lowest BCUT2D eigenvalue weighted by Gasteiger charge is -2.04. The van der Waals surface area contributed by atoms with Crippen LogP contribution >= 0.6 is 23.2 Å². The van der Waals surface area contributed by atoms with E-state index in [-0.39, 0.29) is 23.9 Å². The van der Waals surface area contributed by atoms with Crippen molar-refractivity contribution in [3.63, 3.8) is 0 Å². The molecule has 0 atom stereocenters. The maximum atomic E-state index is 12.6. The van der Waals surface area contributed by atoms with Gasteiger partial charge in [-0.15, -0.1) is 5.10 Å². The average molecular weight is 415 g/mol. The largest absolute Gasteiger partial charge is 0.436 e. The number of fused-ring (bicyclic) bond motifs is 1. The molecular formula is C19H12Cl2N4O3. The number of Topliss-reactive ketones (excluding diaryl/α,β-unsaturated/α-hetero) is 1. The molecule has 0 fully saturated rings. The fourth-order valence-electron chi connectivity index (χ4n) is 2.58. The fraction of sp³-hybridized carbons (Fsp3) is 0.0526. The SMILES string of the molecule is O=C(Cn1nc2c(Oc3ccc(Cl)cc3)nccn2c1=O)c1ccc(Cl)cc1.